The van der Waals surface area contributed by atoms with E-state index in [1.165, 1.54) is 0 Å². The second-order valence-electron chi connectivity index (χ2n) is 3.32. The second kappa shape index (κ2) is 3.85. The van der Waals surface area contributed by atoms with Crippen molar-refractivity contribution >= 4 is 11.7 Å². The van der Waals surface area contributed by atoms with Crippen molar-refractivity contribution < 1.29 is 9.63 Å². The predicted octanol–water partition coefficient (Wildman–Crippen LogP) is -0.805. The van der Waals surface area contributed by atoms with Crippen LogP contribution in [0.1, 0.15) is 6.42 Å². The van der Waals surface area contributed by atoms with Gasteiger partial charge in [0, 0.05) is 32.7 Å². The molecule has 2 rings (SSSR count). The molecule has 2 aliphatic heterocycles. The lowest BCUT2D eigenvalue weighted by Gasteiger charge is -2.26. The third-order valence-corrected chi connectivity index (χ3v) is 2.24. The molecular formula is C8H13N3O2. The number of nitrogens with one attached hydrogen (secondary N) is 1. The van der Waals surface area contributed by atoms with Gasteiger partial charge in [0.25, 0.3) is 0 Å². The van der Waals surface area contributed by atoms with Crippen LogP contribution in [0.4, 0.5) is 0 Å². The normalized spacial score (nSPS) is 24.3. The van der Waals surface area contributed by atoms with Gasteiger partial charge < -0.3 is 10.2 Å². The highest BCUT2D eigenvalue weighted by atomic mass is 16.7. The van der Waals surface area contributed by atoms with Crippen molar-refractivity contribution in [1.82, 2.24) is 10.2 Å². The molecule has 1 fully saturated rings. The molecule has 5 nitrogen and oxygen atoms in total. The van der Waals surface area contributed by atoms with Crippen LogP contribution in [0.15, 0.2) is 5.16 Å². The van der Waals surface area contributed by atoms with Gasteiger partial charge in [-0.2, -0.15) is 0 Å². The highest BCUT2D eigenvalue weighted by molar-refractivity contribution is 6.02. The van der Waals surface area contributed by atoms with Gasteiger partial charge in [-0.1, -0.05) is 5.16 Å². The van der Waals surface area contributed by atoms with Crippen molar-refractivity contribution in [2.75, 3.05) is 32.7 Å². The predicted molar refractivity (Wildman–Crippen MR) is 47.5 cm³/mol. The fraction of sp³-hybridized carbons (Fsp3) is 0.750. The lowest BCUT2D eigenvalue weighted by atomic mass is 10.2. The van der Waals surface area contributed by atoms with Gasteiger partial charge in [0.15, 0.2) is 0 Å². The SMILES string of the molecule is O=C1CC(CN2CCNCC2)=NO1. The van der Waals surface area contributed by atoms with Gasteiger partial charge in [0.05, 0.1) is 12.1 Å². The third-order valence-electron chi connectivity index (χ3n) is 2.24. The maximum Gasteiger partial charge on any atom is 0.340 e. The summed E-state index contributed by atoms with van der Waals surface area (Å²) in [4.78, 5) is 17.5. The van der Waals surface area contributed by atoms with E-state index in [0.29, 0.717) is 6.42 Å². The van der Waals surface area contributed by atoms with Gasteiger partial charge in [0.1, 0.15) is 0 Å². The van der Waals surface area contributed by atoms with Crippen molar-refractivity contribution in [2.24, 2.45) is 5.16 Å². The molecule has 0 radical (unpaired) electrons. The number of nitrogens with zero attached hydrogens (tertiary/aromatic N) is 2. The van der Waals surface area contributed by atoms with Crippen molar-refractivity contribution in [2.45, 2.75) is 6.42 Å². The second-order valence-corrected chi connectivity index (χ2v) is 3.32. The van der Waals surface area contributed by atoms with Gasteiger partial charge in [0.2, 0.25) is 0 Å². The summed E-state index contributed by atoms with van der Waals surface area (Å²) in [6, 6.07) is 0. The van der Waals surface area contributed by atoms with Gasteiger partial charge in [-0.3, -0.25) is 4.90 Å². The number of carbonyl (C=O) groups excluding carboxylic acids is 1. The molecule has 0 aromatic rings. The van der Waals surface area contributed by atoms with Gasteiger partial charge in [-0.15, -0.1) is 0 Å². The number of hydrogen-bond acceptors (Lipinski definition) is 5. The number of rotatable bonds is 2. The quantitative estimate of drug-likeness (QED) is 0.569. The van der Waals surface area contributed by atoms with Crippen LogP contribution in [-0.2, 0) is 9.63 Å². The molecular weight excluding hydrogens is 170 g/mol. The molecule has 5 heteroatoms. The first-order valence-corrected chi connectivity index (χ1v) is 4.53. The summed E-state index contributed by atoms with van der Waals surface area (Å²) in [5, 5.41) is 6.98. The zero-order valence-corrected chi connectivity index (χ0v) is 7.45. The van der Waals surface area contributed by atoms with Crippen LogP contribution in [0.2, 0.25) is 0 Å². The molecule has 0 saturated carbocycles. The highest BCUT2D eigenvalue weighted by Crippen LogP contribution is 2.04. The van der Waals surface area contributed by atoms with Crippen LogP contribution < -0.4 is 5.32 Å². The fourth-order valence-corrected chi connectivity index (χ4v) is 1.56. The standard InChI is InChI=1S/C8H13N3O2/c12-8-5-7(10-13-8)6-11-3-1-9-2-4-11/h9H,1-6H2. The van der Waals surface area contributed by atoms with Gasteiger partial charge in [-0.25, -0.2) is 4.79 Å². The van der Waals surface area contributed by atoms with E-state index < -0.39 is 0 Å². The summed E-state index contributed by atoms with van der Waals surface area (Å²) in [6.45, 7) is 4.85. The first-order valence-electron chi connectivity index (χ1n) is 4.53. The molecule has 0 unspecified atom stereocenters. The van der Waals surface area contributed by atoms with Crippen LogP contribution in [0, 0.1) is 0 Å². The molecule has 1 N–H and O–H groups in total. The lowest BCUT2D eigenvalue weighted by molar-refractivity contribution is -0.140. The van der Waals surface area contributed by atoms with E-state index in [9.17, 15) is 4.79 Å². The molecule has 1 saturated heterocycles. The maximum atomic E-state index is 10.7. The lowest BCUT2D eigenvalue weighted by Crippen LogP contribution is -2.45. The van der Waals surface area contributed by atoms with Crippen molar-refractivity contribution in [3.63, 3.8) is 0 Å². The highest BCUT2D eigenvalue weighted by Gasteiger charge is 2.20. The molecule has 0 amide bonds. The van der Waals surface area contributed by atoms with E-state index >= 15 is 0 Å². The van der Waals surface area contributed by atoms with E-state index in [2.05, 4.69) is 20.2 Å². The van der Waals surface area contributed by atoms with E-state index in [4.69, 9.17) is 0 Å². The molecule has 2 heterocycles. The van der Waals surface area contributed by atoms with Crippen molar-refractivity contribution in [3.05, 3.63) is 0 Å². The Morgan fingerprint density at radius 1 is 1.46 bits per heavy atom. The summed E-state index contributed by atoms with van der Waals surface area (Å²) >= 11 is 0. The number of oxime groups is 1. The Bertz CT molecular complexity index is 234. The zero-order valence-electron chi connectivity index (χ0n) is 7.45. The van der Waals surface area contributed by atoms with E-state index in [1.54, 1.807) is 0 Å². The first kappa shape index (κ1) is 8.65. The summed E-state index contributed by atoms with van der Waals surface area (Å²) < 4.78 is 0. The van der Waals surface area contributed by atoms with Crippen LogP contribution in [-0.4, -0.2) is 49.3 Å². The maximum absolute atomic E-state index is 10.7. The summed E-state index contributed by atoms with van der Waals surface area (Å²) in [6.07, 6.45) is 0.365. The Hall–Kier alpha value is -0.940. The molecule has 0 aromatic carbocycles. The van der Waals surface area contributed by atoms with E-state index in [1.807, 2.05) is 0 Å². The minimum Gasteiger partial charge on any atom is -0.318 e. The zero-order chi connectivity index (χ0) is 9.10. The molecule has 0 spiro atoms. The Morgan fingerprint density at radius 3 is 2.85 bits per heavy atom. The van der Waals surface area contributed by atoms with Crippen LogP contribution in [0.25, 0.3) is 0 Å². The summed E-state index contributed by atoms with van der Waals surface area (Å²) in [5.41, 5.74) is 0.854. The fourth-order valence-electron chi connectivity index (χ4n) is 1.56. The Balaban J connectivity index is 1.80. The average molecular weight is 183 g/mol. The van der Waals surface area contributed by atoms with E-state index in [-0.39, 0.29) is 5.97 Å². The first-order chi connectivity index (χ1) is 6.34. The minimum absolute atomic E-state index is 0.231. The third kappa shape index (κ3) is 2.26. The van der Waals surface area contributed by atoms with Crippen LogP contribution >= 0.6 is 0 Å². The Morgan fingerprint density at radius 2 is 2.23 bits per heavy atom. The Labute approximate surface area is 76.7 Å². The molecule has 2 aliphatic rings. The van der Waals surface area contributed by atoms with Gasteiger partial charge >= 0.3 is 5.97 Å². The molecule has 13 heavy (non-hydrogen) atoms. The molecule has 0 aliphatic carbocycles. The number of carbonyl (C=O) groups is 1. The summed E-state index contributed by atoms with van der Waals surface area (Å²) in [7, 11) is 0. The topological polar surface area (TPSA) is 53.9 Å². The molecule has 0 aromatic heterocycles. The molecule has 72 valence electrons. The van der Waals surface area contributed by atoms with Crippen molar-refractivity contribution in [3.8, 4) is 0 Å². The average Bonchev–Trinajstić information content (AvgIpc) is 2.53. The minimum atomic E-state index is -0.231. The number of hydrogen-bond donors (Lipinski definition) is 1. The van der Waals surface area contributed by atoms with E-state index in [0.717, 1.165) is 38.4 Å². The molecule has 0 atom stereocenters. The van der Waals surface area contributed by atoms with Gasteiger partial charge in [-0.05, 0) is 0 Å². The van der Waals surface area contributed by atoms with Crippen LogP contribution in [0.5, 0.6) is 0 Å². The van der Waals surface area contributed by atoms with Crippen LogP contribution in [0.3, 0.4) is 0 Å². The number of piperazine rings is 1. The Kier molecular flexibility index (Phi) is 2.56. The largest absolute Gasteiger partial charge is 0.340 e. The molecule has 0 bridgehead atoms. The summed E-state index contributed by atoms with van der Waals surface area (Å²) in [5.74, 6) is -0.231. The van der Waals surface area contributed by atoms with Crippen molar-refractivity contribution in [1.29, 1.82) is 0 Å². The monoisotopic (exact) mass is 183 g/mol. The smallest absolute Gasteiger partial charge is 0.318 e.